The molecule has 164 valence electrons. The number of aryl methyl sites for hydroxylation is 4. The van der Waals surface area contributed by atoms with Gasteiger partial charge in [0, 0.05) is 12.3 Å². The molecule has 0 heterocycles. The number of carbonyl (C=O) groups excluding carboxylic acids is 1. The van der Waals surface area contributed by atoms with Gasteiger partial charge in [0.2, 0.25) is 15.9 Å². The lowest BCUT2D eigenvalue weighted by atomic mass is 10.1. The Balaban J connectivity index is 1.85. The van der Waals surface area contributed by atoms with Gasteiger partial charge in [-0.25, -0.2) is 8.42 Å². The summed E-state index contributed by atoms with van der Waals surface area (Å²) in [6.45, 7) is 8.12. The summed E-state index contributed by atoms with van der Waals surface area (Å²) in [6.07, 6.45) is 1.98. The molecule has 0 aliphatic carbocycles. The van der Waals surface area contributed by atoms with E-state index in [1.54, 1.807) is 0 Å². The molecule has 0 bridgehead atoms. The highest BCUT2D eigenvalue weighted by Crippen LogP contribution is 2.28. The lowest BCUT2D eigenvalue weighted by Gasteiger charge is -2.26. The van der Waals surface area contributed by atoms with Crippen molar-refractivity contribution in [2.45, 2.75) is 39.9 Å². The normalized spacial score (nSPS) is 11.4. The molecular formula is C23H32N2O3S2. The number of amides is 1. The van der Waals surface area contributed by atoms with Gasteiger partial charge in [0.25, 0.3) is 0 Å². The van der Waals surface area contributed by atoms with Crippen molar-refractivity contribution in [3.05, 3.63) is 64.2 Å². The van der Waals surface area contributed by atoms with Crippen molar-refractivity contribution in [1.82, 2.24) is 5.32 Å². The van der Waals surface area contributed by atoms with Crippen molar-refractivity contribution in [2.75, 3.05) is 29.4 Å². The van der Waals surface area contributed by atoms with E-state index < -0.39 is 10.0 Å². The fourth-order valence-electron chi connectivity index (χ4n) is 3.51. The lowest BCUT2D eigenvalue weighted by Crippen LogP contribution is -2.41. The predicted octanol–water partition coefficient (Wildman–Crippen LogP) is 4.13. The number of nitrogens with one attached hydrogen (secondary N) is 1. The first-order valence-corrected chi connectivity index (χ1v) is 13.0. The van der Waals surface area contributed by atoms with E-state index in [0.717, 1.165) is 40.9 Å². The van der Waals surface area contributed by atoms with Crippen LogP contribution in [-0.2, 0) is 20.6 Å². The van der Waals surface area contributed by atoms with Gasteiger partial charge in [-0.2, -0.15) is 11.8 Å². The molecule has 0 saturated heterocycles. The van der Waals surface area contributed by atoms with Gasteiger partial charge >= 0.3 is 0 Å². The fourth-order valence-corrected chi connectivity index (χ4v) is 5.39. The molecule has 0 fully saturated rings. The van der Waals surface area contributed by atoms with Crippen LogP contribution in [0.3, 0.4) is 0 Å². The van der Waals surface area contributed by atoms with Crippen LogP contribution < -0.4 is 9.62 Å². The average molecular weight is 449 g/mol. The molecule has 0 atom stereocenters. The maximum Gasteiger partial charge on any atom is 0.240 e. The molecule has 5 nitrogen and oxygen atoms in total. The molecule has 0 aromatic heterocycles. The zero-order valence-corrected chi connectivity index (χ0v) is 20.1. The third-order valence-electron chi connectivity index (χ3n) is 4.71. The first-order valence-electron chi connectivity index (χ1n) is 10.0. The van der Waals surface area contributed by atoms with Crippen LogP contribution in [0.4, 0.5) is 5.69 Å². The Kier molecular flexibility index (Phi) is 8.79. The number of rotatable bonds is 10. The van der Waals surface area contributed by atoms with E-state index in [9.17, 15) is 13.2 Å². The summed E-state index contributed by atoms with van der Waals surface area (Å²) in [6, 6.07) is 12.3. The van der Waals surface area contributed by atoms with Crippen LogP contribution in [-0.4, -0.2) is 39.4 Å². The van der Waals surface area contributed by atoms with E-state index >= 15 is 0 Å². The molecule has 0 aliphatic rings. The standard InChI is InChI=1S/C23H32N2O3S2/c1-17-8-6-9-21(14-17)16-29-11-7-10-24-22(26)15-25(30(5,27)28)23-19(3)12-18(2)13-20(23)4/h6,8-9,12-14H,7,10-11,15-16H2,1-5H3,(H,24,26). The number of benzene rings is 2. The number of hydrogen-bond acceptors (Lipinski definition) is 4. The first-order chi connectivity index (χ1) is 14.1. The zero-order valence-electron chi connectivity index (χ0n) is 18.5. The summed E-state index contributed by atoms with van der Waals surface area (Å²) in [7, 11) is -3.58. The second-order valence-electron chi connectivity index (χ2n) is 7.76. The largest absolute Gasteiger partial charge is 0.354 e. The fraction of sp³-hybridized carbons (Fsp3) is 0.435. The molecule has 7 heteroatoms. The van der Waals surface area contributed by atoms with Crippen molar-refractivity contribution in [3.8, 4) is 0 Å². The van der Waals surface area contributed by atoms with Gasteiger partial charge < -0.3 is 5.32 Å². The molecule has 0 unspecified atom stereocenters. The van der Waals surface area contributed by atoms with Gasteiger partial charge in [-0.3, -0.25) is 9.10 Å². The molecule has 2 aromatic carbocycles. The second kappa shape index (κ2) is 10.9. The van der Waals surface area contributed by atoms with E-state index in [0.29, 0.717) is 12.2 Å². The van der Waals surface area contributed by atoms with Crippen LogP contribution in [0.25, 0.3) is 0 Å². The average Bonchev–Trinajstić information content (AvgIpc) is 2.62. The Bertz CT molecular complexity index is 965. The topological polar surface area (TPSA) is 66.5 Å². The van der Waals surface area contributed by atoms with E-state index in [1.165, 1.54) is 15.4 Å². The molecule has 30 heavy (non-hydrogen) atoms. The summed E-state index contributed by atoms with van der Waals surface area (Å²) in [5.41, 5.74) is 5.91. The van der Waals surface area contributed by atoms with Crippen molar-refractivity contribution in [1.29, 1.82) is 0 Å². The van der Waals surface area contributed by atoms with Gasteiger partial charge in [-0.1, -0.05) is 47.5 Å². The summed E-state index contributed by atoms with van der Waals surface area (Å²) < 4.78 is 26.0. The van der Waals surface area contributed by atoms with Crippen LogP contribution in [0.5, 0.6) is 0 Å². The van der Waals surface area contributed by atoms with Crippen molar-refractivity contribution in [2.24, 2.45) is 0 Å². The number of hydrogen-bond donors (Lipinski definition) is 1. The number of anilines is 1. The van der Waals surface area contributed by atoms with Crippen LogP contribution in [0.15, 0.2) is 36.4 Å². The highest BCUT2D eigenvalue weighted by atomic mass is 32.2. The Morgan fingerprint density at radius 3 is 2.30 bits per heavy atom. The third kappa shape index (κ3) is 7.36. The number of carbonyl (C=O) groups is 1. The van der Waals surface area contributed by atoms with Crippen LogP contribution in [0.1, 0.15) is 34.2 Å². The Hall–Kier alpha value is -1.99. The van der Waals surface area contributed by atoms with Gasteiger partial charge in [0.1, 0.15) is 6.54 Å². The van der Waals surface area contributed by atoms with Gasteiger partial charge in [0.05, 0.1) is 11.9 Å². The summed E-state index contributed by atoms with van der Waals surface area (Å²) in [5, 5.41) is 2.85. The number of sulfonamides is 1. The maximum atomic E-state index is 12.4. The van der Waals surface area contributed by atoms with Gasteiger partial charge in [-0.05, 0) is 56.6 Å². The van der Waals surface area contributed by atoms with E-state index in [2.05, 4.69) is 36.5 Å². The SMILES string of the molecule is Cc1cccc(CSCCCNC(=O)CN(c2c(C)cc(C)cc2C)S(C)(=O)=O)c1. The predicted molar refractivity (Wildman–Crippen MR) is 128 cm³/mol. The Morgan fingerprint density at radius 1 is 1.03 bits per heavy atom. The van der Waals surface area contributed by atoms with Crippen molar-refractivity contribution >= 4 is 33.4 Å². The van der Waals surface area contributed by atoms with Crippen molar-refractivity contribution < 1.29 is 13.2 Å². The van der Waals surface area contributed by atoms with E-state index in [1.807, 2.05) is 44.7 Å². The van der Waals surface area contributed by atoms with Crippen molar-refractivity contribution in [3.63, 3.8) is 0 Å². The van der Waals surface area contributed by atoms with E-state index in [-0.39, 0.29) is 12.5 Å². The van der Waals surface area contributed by atoms with Crippen LogP contribution in [0, 0.1) is 27.7 Å². The monoisotopic (exact) mass is 448 g/mol. The van der Waals surface area contributed by atoms with Gasteiger partial charge in [-0.15, -0.1) is 0 Å². The Labute approximate surface area is 185 Å². The van der Waals surface area contributed by atoms with Gasteiger partial charge in [0.15, 0.2) is 0 Å². The minimum Gasteiger partial charge on any atom is -0.354 e. The smallest absolute Gasteiger partial charge is 0.240 e. The number of nitrogens with zero attached hydrogens (tertiary/aromatic N) is 1. The highest BCUT2D eigenvalue weighted by Gasteiger charge is 2.24. The molecule has 1 amide bonds. The summed E-state index contributed by atoms with van der Waals surface area (Å²) in [4.78, 5) is 12.4. The van der Waals surface area contributed by atoms with E-state index in [4.69, 9.17) is 0 Å². The minimum atomic E-state index is -3.58. The summed E-state index contributed by atoms with van der Waals surface area (Å²) >= 11 is 1.83. The first kappa shape index (κ1) is 24.3. The summed E-state index contributed by atoms with van der Waals surface area (Å²) in [5.74, 6) is 1.59. The van der Waals surface area contributed by atoms with Crippen LogP contribution >= 0.6 is 11.8 Å². The maximum absolute atomic E-state index is 12.4. The molecule has 0 aliphatic heterocycles. The molecule has 0 spiro atoms. The Morgan fingerprint density at radius 2 is 1.70 bits per heavy atom. The molecular weight excluding hydrogens is 416 g/mol. The minimum absolute atomic E-state index is 0.208. The third-order valence-corrected chi connectivity index (χ3v) is 6.94. The molecule has 0 saturated carbocycles. The zero-order chi connectivity index (χ0) is 22.3. The molecule has 2 aromatic rings. The molecule has 1 N–H and O–H groups in total. The highest BCUT2D eigenvalue weighted by molar-refractivity contribution is 7.98. The molecule has 0 radical (unpaired) electrons. The number of thioether (sulfide) groups is 1. The quantitative estimate of drug-likeness (QED) is 0.555. The molecule has 2 rings (SSSR count). The lowest BCUT2D eigenvalue weighted by molar-refractivity contribution is -0.119. The second-order valence-corrected chi connectivity index (χ2v) is 10.8. The van der Waals surface area contributed by atoms with Crippen LogP contribution in [0.2, 0.25) is 0 Å².